The Kier molecular flexibility index (Phi) is 8.38. The first-order valence-corrected chi connectivity index (χ1v) is 16.8. The average Bonchev–Trinajstić information content (AvgIpc) is 3.35. The highest BCUT2D eigenvalue weighted by molar-refractivity contribution is 6.31. The summed E-state index contributed by atoms with van der Waals surface area (Å²) in [6.07, 6.45) is 5.18. The maximum absolute atomic E-state index is 15.2. The molecule has 3 aromatic rings. The van der Waals surface area contributed by atoms with Gasteiger partial charge < -0.3 is 10.2 Å². The van der Waals surface area contributed by atoms with E-state index in [1.807, 2.05) is 30.3 Å². The van der Waals surface area contributed by atoms with Crippen LogP contribution in [0.3, 0.4) is 0 Å². The number of phenols is 1. The Morgan fingerprint density at radius 3 is 2.29 bits per heavy atom. The van der Waals surface area contributed by atoms with Crippen molar-refractivity contribution in [3.63, 3.8) is 0 Å². The summed E-state index contributed by atoms with van der Waals surface area (Å²) in [5.74, 6) is -7.30. The molecule has 1 aliphatic heterocycles. The number of imide groups is 1. The fourth-order valence-corrected chi connectivity index (χ4v) is 8.96. The van der Waals surface area contributed by atoms with Crippen molar-refractivity contribution in [3.05, 3.63) is 119 Å². The highest BCUT2D eigenvalue weighted by Crippen LogP contribution is 2.63. The molecule has 49 heavy (non-hydrogen) atoms. The van der Waals surface area contributed by atoms with Gasteiger partial charge in [0.05, 0.1) is 17.3 Å². The number of Topliss-reactive ketones (excluding diaryl/α,β-unsaturated/α-hetero) is 1. The number of likely N-dealkylation sites (tertiary alicyclic amines) is 1. The molecule has 6 atom stereocenters. The SMILES string of the molecule is O=C(O)CCCCCN1C(=O)[C@H]2[C@H](CC=C3[C@H]2C[C@H]2C(=O)C(c4ccccc4)=CC(=O)[C@@]2(c2ccccc2)[C@H]3c2ccc(O)c(F)c2)C1=O. The van der Waals surface area contributed by atoms with Crippen LogP contribution in [0.4, 0.5) is 4.39 Å². The fraction of sp³-hybridized carbons (Fsp3) is 0.325. The van der Waals surface area contributed by atoms with Crippen LogP contribution in [0.25, 0.3) is 5.57 Å². The minimum absolute atomic E-state index is 0.0124. The van der Waals surface area contributed by atoms with Crippen molar-refractivity contribution >= 4 is 34.9 Å². The number of aromatic hydroxyl groups is 1. The smallest absolute Gasteiger partial charge is 0.303 e. The summed E-state index contributed by atoms with van der Waals surface area (Å²) in [5, 5.41) is 19.1. The van der Waals surface area contributed by atoms with Gasteiger partial charge in [0.15, 0.2) is 23.1 Å². The van der Waals surface area contributed by atoms with Crippen molar-refractivity contribution in [3.8, 4) is 5.75 Å². The molecular formula is C40H36FNO7. The summed E-state index contributed by atoms with van der Waals surface area (Å²) in [5.41, 5.74) is 1.09. The number of nitrogens with zero attached hydrogens (tertiary/aromatic N) is 1. The van der Waals surface area contributed by atoms with E-state index in [9.17, 15) is 29.1 Å². The van der Waals surface area contributed by atoms with Crippen molar-refractivity contribution in [1.82, 2.24) is 4.90 Å². The molecule has 2 amide bonds. The minimum Gasteiger partial charge on any atom is -0.505 e. The predicted octanol–water partition coefficient (Wildman–Crippen LogP) is 6.00. The molecule has 3 aromatic carbocycles. The number of rotatable bonds is 9. The number of carbonyl (C=O) groups excluding carboxylic acids is 4. The third-order valence-electron chi connectivity index (χ3n) is 11.0. The van der Waals surface area contributed by atoms with Crippen LogP contribution in [0.1, 0.15) is 61.1 Å². The summed E-state index contributed by atoms with van der Waals surface area (Å²) in [4.78, 5) is 69.9. The van der Waals surface area contributed by atoms with Gasteiger partial charge in [-0.3, -0.25) is 28.9 Å². The van der Waals surface area contributed by atoms with Crippen LogP contribution in [-0.2, 0) is 29.4 Å². The number of amides is 2. The predicted molar refractivity (Wildman–Crippen MR) is 177 cm³/mol. The number of allylic oxidation sites excluding steroid dienone is 4. The number of phenolic OH excluding ortho intramolecular Hbond substituents is 1. The van der Waals surface area contributed by atoms with E-state index in [1.54, 1.807) is 42.5 Å². The lowest BCUT2D eigenvalue weighted by molar-refractivity contribution is -0.141. The maximum atomic E-state index is 15.2. The summed E-state index contributed by atoms with van der Waals surface area (Å²) < 4.78 is 15.2. The number of unbranched alkanes of at least 4 members (excludes halogenated alkanes) is 2. The number of carbonyl (C=O) groups is 5. The molecule has 4 aliphatic rings. The van der Waals surface area contributed by atoms with E-state index in [1.165, 1.54) is 23.1 Å². The Labute approximate surface area is 282 Å². The number of fused-ring (bicyclic) bond motifs is 4. The van der Waals surface area contributed by atoms with Crippen LogP contribution in [-0.4, -0.2) is 51.0 Å². The van der Waals surface area contributed by atoms with E-state index >= 15 is 4.39 Å². The summed E-state index contributed by atoms with van der Waals surface area (Å²) >= 11 is 0. The molecule has 7 rings (SSSR count). The van der Waals surface area contributed by atoms with Gasteiger partial charge in [-0.2, -0.15) is 0 Å². The van der Waals surface area contributed by atoms with E-state index < -0.39 is 52.5 Å². The number of aliphatic carboxylic acids is 1. The van der Waals surface area contributed by atoms with Crippen LogP contribution in [0.5, 0.6) is 5.75 Å². The zero-order valence-corrected chi connectivity index (χ0v) is 26.8. The molecule has 0 spiro atoms. The molecule has 1 heterocycles. The van der Waals surface area contributed by atoms with Gasteiger partial charge in [-0.25, -0.2) is 4.39 Å². The minimum atomic E-state index is -1.48. The number of halogens is 1. The van der Waals surface area contributed by atoms with Gasteiger partial charge in [-0.05, 0) is 66.5 Å². The number of ketones is 2. The summed E-state index contributed by atoms with van der Waals surface area (Å²) in [7, 11) is 0. The van der Waals surface area contributed by atoms with Gasteiger partial charge >= 0.3 is 5.97 Å². The Bertz CT molecular complexity index is 1920. The number of hydrogen-bond acceptors (Lipinski definition) is 6. The van der Waals surface area contributed by atoms with E-state index in [2.05, 4.69) is 0 Å². The summed E-state index contributed by atoms with van der Waals surface area (Å²) in [6, 6.07) is 22.0. The zero-order valence-electron chi connectivity index (χ0n) is 26.8. The zero-order chi connectivity index (χ0) is 34.4. The van der Waals surface area contributed by atoms with Gasteiger partial charge in [0.1, 0.15) is 0 Å². The maximum Gasteiger partial charge on any atom is 0.303 e. The lowest BCUT2D eigenvalue weighted by Crippen LogP contribution is -2.58. The van der Waals surface area contributed by atoms with Crippen molar-refractivity contribution in [2.75, 3.05) is 6.54 Å². The Morgan fingerprint density at radius 1 is 0.878 bits per heavy atom. The first-order chi connectivity index (χ1) is 23.6. The second-order valence-electron chi connectivity index (χ2n) is 13.5. The van der Waals surface area contributed by atoms with Crippen LogP contribution in [0.2, 0.25) is 0 Å². The number of carboxylic acids is 1. The van der Waals surface area contributed by atoms with Gasteiger partial charge in [0, 0.05) is 30.4 Å². The average molecular weight is 662 g/mol. The molecule has 0 radical (unpaired) electrons. The highest BCUT2D eigenvalue weighted by atomic mass is 19.1. The molecular weight excluding hydrogens is 625 g/mol. The lowest BCUT2D eigenvalue weighted by atomic mass is 9.44. The first-order valence-electron chi connectivity index (χ1n) is 16.8. The summed E-state index contributed by atoms with van der Waals surface area (Å²) in [6.45, 7) is 0.175. The van der Waals surface area contributed by atoms with E-state index in [4.69, 9.17) is 5.11 Å². The van der Waals surface area contributed by atoms with Crippen LogP contribution in [0.15, 0.2) is 96.6 Å². The normalized spacial score (nSPS) is 27.6. The number of carboxylic acid groups (broad SMARTS) is 1. The van der Waals surface area contributed by atoms with E-state index in [0.717, 1.165) is 0 Å². The van der Waals surface area contributed by atoms with Gasteiger partial charge in [0.25, 0.3) is 0 Å². The largest absolute Gasteiger partial charge is 0.505 e. The molecule has 2 N–H and O–H groups in total. The molecule has 0 unspecified atom stereocenters. The molecule has 0 aromatic heterocycles. The highest BCUT2D eigenvalue weighted by Gasteiger charge is 2.65. The van der Waals surface area contributed by atoms with Crippen molar-refractivity contribution < 1.29 is 38.6 Å². The molecule has 1 saturated heterocycles. The molecule has 3 aliphatic carbocycles. The molecule has 9 heteroatoms. The van der Waals surface area contributed by atoms with Crippen molar-refractivity contribution in [1.29, 1.82) is 0 Å². The van der Waals surface area contributed by atoms with Crippen molar-refractivity contribution in [2.24, 2.45) is 23.7 Å². The van der Waals surface area contributed by atoms with Gasteiger partial charge in [-0.15, -0.1) is 0 Å². The monoisotopic (exact) mass is 661 g/mol. The van der Waals surface area contributed by atoms with E-state index in [0.29, 0.717) is 41.5 Å². The number of benzene rings is 3. The van der Waals surface area contributed by atoms with E-state index in [-0.39, 0.29) is 54.8 Å². The fourth-order valence-electron chi connectivity index (χ4n) is 8.96. The molecule has 2 fully saturated rings. The molecule has 0 bridgehead atoms. The molecule has 8 nitrogen and oxygen atoms in total. The van der Waals surface area contributed by atoms with Crippen molar-refractivity contribution in [2.45, 2.75) is 49.9 Å². The molecule has 1 saturated carbocycles. The first kappa shape index (κ1) is 32.4. The van der Waals surface area contributed by atoms with Crippen LogP contribution < -0.4 is 0 Å². The molecule has 250 valence electrons. The Hall–Kier alpha value is -5.18. The third-order valence-corrected chi connectivity index (χ3v) is 11.0. The number of hydrogen-bond donors (Lipinski definition) is 2. The second kappa shape index (κ2) is 12.7. The van der Waals surface area contributed by atoms with Gasteiger partial charge in [0.2, 0.25) is 11.8 Å². The lowest BCUT2D eigenvalue weighted by Gasteiger charge is -2.55. The standard InChI is InChI=1S/C40H36FNO7/c41-31-20-24(15-18-32(31)43)36-26-16-17-27-35(39(49)42(38(27)48)19-9-3-8-14-34(45)46)29(26)21-30-37(47)28(23-10-4-1-5-11-23)22-33(44)40(30,36)25-12-6-2-7-13-25/h1-2,4-7,10-13,15-16,18,20,22,27,29-30,35-36,43H,3,8-9,14,17,19,21H2,(H,45,46)/t27-,29+,30-,35-,36-,40-/m0/s1. The Morgan fingerprint density at radius 2 is 1.59 bits per heavy atom. The Balaban J connectivity index is 1.37. The van der Waals surface area contributed by atoms with Crippen LogP contribution in [0, 0.1) is 29.5 Å². The topological polar surface area (TPSA) is 129 Å². The van der Waals surface area contributed by atoms with Gasteiger partial charge in [-0.1, -0.05) is 84.8 Å². The third kappa shape index (κ3) is 5.23. The second-order valence-corrected chi connectivity index (χ2v) is 13.5. The van der Waals surface area contributed by atoms with Crippen LogP contribution >= 0.6 is 0 Å². The quantitative estimate of drug-likeness (QED) is 0.164.